The van der Waals surface area contributed by atoms with Crippen molar-refractivity contribution in [1.82, 2.24) is 4.57 Å². The number of ether oxygens (including phenoxy) is 1. The molecule has 1 aromatic heterocycles. The summed E-state index contributed by atoms with van der Waals surface area (Å²) in [5, 5.41) is 0. The molecule has 0 aliphatic rings. The Labute approximate surface area is 166 Å². The van der Waals surface area contributed by atoms with Gasteiger partial charge in [-0.05, 0) is 41.7 Å². The van der Waals surface area contributed by atoms with Crippen molar-refractivity contribution in [3.05, 3.63) is 93.4 Å². The molecular formula is C25H27NO2. The lowest BCUT2D eigenvalue weighted by atomic mass is 9.84. The Morgan fingerprint density at radius 3 is 2.25 bits per heavy atom. The number of hydrogen-bond donors (Lipinski definition) is 0. The van der Waals surface area contributed by atoms with Crippen molar-refractivity contribution in [2.24, 2.45) is 0 Å². The Hall–Kier alpha value is -3.07. The maximum atomic E-state index is 12.4. The molecule has 0 aliphatic carbocycles. The van der Waals surface area contributed by atoms with Crippen LogP contribution in [0.5, 0.6) is 5.75 Å². The first kappa shape index (κ1) is 19.7. The zero-order valence-electron chi connectivity index (χ0n) is 17.2. The van der Waals surface area contributed by atoms with E-state index in [9.17, 15) is 4.79 Å². The lowest BCUT2D eigenvalue weighted by Crippen LogP contribution is -2.19. The monoisotopic (exact) mass is 373 g/mol. The average molecular weight is 373 g/mol. The number of nitrogens with zero attached hydrogens (tertiary/aromatic N) is 1. The fourth-order valence-electron chi connectivity index (χ4n) is 3.28. The Morgan fingerprint density at radius 1 is 0.929 bits per heavy atom. The Morgan fingerprint density at radius 2 is 1.61 bits per heavy atom. The second-order valence-corrected chi connectivity index (χ2v) is 7.96. The van der Waals surface area contributed by atoms with Crippen LogP contribution in [0.3, 0.4) is 0 Å². The first-order valence-corrected chi connectivity index (χ1v) is 9.45. The summed E-state index contributed by atoms with van der Waals surface area (Å²) < 4.78 is 7.47. The molecule has 0 saturated carbocycles. The third-order valence-electron chi connectivity index (χ3n) is 4.85. The summed E-state index contributed by atoms with van der Waals surface area (Å²) in [4.78, 5) is 12.4. The maximum absolute atomic E-state index is 12.4. The van der Waals surface area contributed by atoms with Crippen LogP contribution in [-0.4, -0.2) is 11.7 Å². The van der Waals surface area contributed by atoms with Crippen molar-refractivity contribution in [3.63, 3.8) is 0 Å². The normalized spacial score (nSPS) is 11.8. The van der Waals surface area contributed by atoms with Crippen LogP contribution in [-0.2, 0) is 5.41 Å². The van der Waals surface area contributed by atoms with Crippen LogP contribution in [0.15, 0.2) is 65.6 Å². The number of methoxy groups -OCH3 is 1. The summed E-state index contributed by atoms with van der Waals surface area (Å²) in [7, 11) is 1.70. The molecule has 0 aliphatic heterocycles. The molecular weight excluding hydrogens is 346 g/mol. The Bertz CT molecular complexity index is 1070. The zero-order chi connectivity index (χ0) is 20.3. The van der Waals surface area contributed by atoms with Gasteiger partial charge in [-0.2, -0.15) is 0 Å². The van der Waals surface area contributed by atoms with Gasteiger partial charge < -0.3 is 4.74 Å². The van der Waals surface area contributed by atoms with Gasteiger partial charge >= 0.3 is 0 Å². The Balaban J connectivity index is 2.23. The van der Waals surface area contributed by atoms with Crippen LogP contribution in [0.1, 0.15) is 43.0 Å². The van der Waals surface area contributed by atoms with Gasteiger partial charge in [-0.1, -0.05) is 63.3 Å². The molecule has 0 fully saturated rings. The third-order valence-corrected chi connectivity index (χ3v) is 4.85. The molecule has 3 aromatic rings. The van der Waals surface area contributed by atoms with Gasteiger partial charge in [0.15, 0.2) is 0 Å². The minimum absolute atomic E-state index is 0.0543. The minimum Gasteiger partial charge on any atom is -0.496 e. The molecule has 28 heavy (non-hydrogen) atoms. The highest BCUT2D eigenvalue weighted by Gasteiger charge is 2.22. The van der Waals surface area contributed by atoms with E-state index in [0.29, 0.717) is 0 Å². The molecule has 0 bridgehead atoms. The van der Waals surface area contributed by atoms with Crippen molar-refractivity contribution < 1.29 is 4.74 Å². The van der Waals surface area contributed by atoms with Crippen LogP contribution >= 0.6 is 0 Å². The van der Waals surface area contributed by atoms with Crippen LogP contribution in [0.4, 0.5) is 0 Å². The predicted molar refractivity (Wildman–Crippen MR) is 117 cm³/mol. The van der Waals surface area contributed by atoms with E-state index in [4.69, 9.17) is 4.74 Å². The summed E-state index contributed by atoms with van der Waals surface area (Å²) in [5.74, 6) is 0.838. The third kappa shape index (κ3) is 4.09. The summed E-state index contributed by atoms with van der Waals surface area (Å²) in [6.07, 6.45) is 5.95. The lowest BCUT2D eigenvalue weighted by Gasteiger charge is -2.25. The number of aromatic nitrogens is 1. The fraction of sp³-hybridized carbons (Fsp3) is 0.240. The largest absolute Gasteiger partial charge is 0.496 e. The number of hydrogen-bond acceptors (Lipinski definition) is 2. The second kappa shape index (κ2) is 7.89. The molecule has 0 amide bonds. The smallest absolute Gasteiger partial charge is 0.255 e. The quantitative estimate of drug-likeness (QED) is 0.556. The highest BCUT2D eigenvalue weighted by atomic mass is 16.5. The molecule has 0 atom stereocenters. The van der Waals surface area contributed by atoms with Gasteiger partial charge in [0.25, 0.3) is 5.56 Å². The molecule has 0 spiro atoms. The lowest BCUT2D eigenvalue weighted by molar-refractivity contribution is 0.396. The van der Waals surface area contributed by atoms with E-state index < -0.39 is 0 Å². The summed E-state index contributed by atoms with van der Waals surface area (Å²) in [5.41, 5.74) is 5.03. The van der Waals surface area contributed by atoms with E-state index in [0.717, 1.165) is 28.1 Å². The van der Waals surface area contributed by atoms with Gasteiger partial charge in [0.1, 0.15) is 5.75 Å². The van der Waals surface area contributed by atoms with Crippen molar-refractivity contribution in [2.75, 3.05) is 7.11 Å². The van der Waals surface area contributed by atoms with Gasteiger partial charge in [0.2, 0.25) is 0 Å². The number of benzene rings is 2. The van der Waals surface area contributed by atoms with Crippen molar-refractivity contribution in [1.29, 1.82) is 0 Å². The van der Waals surface area contributed by atoms with E-state index in [1.54, 1.807) is 30.0 Å². The molecule has 144 valence electrons. The van der Waals surface area contributed by atoms with E-state index in [1.807, 2.05) is 30.3 Å². The van der Waals surface area contributed by atoms with Crippen LogP contribution in [0, 0.1) is 6.92 Å². The summed E-state index contributed by atoms with van der Waals surface area (Å²) >= 11 is 0. The first-order chi connectivity index (χ1) is 13.3. The van der Waals surface area contributed by atoms with Gasteiger partial charge in [-0.3, -0.25) is 9.36 Å². The molecule has 0 radical (unpaired) electrons. The Kier molecular flexibility index (Phi) is 5.55. The average Bonchev–Trinajstić information content (AvgIpc) is 2.66. The van der Waals surface area contributed by atoms with Gasteiger partial charge in [0, 0.05) is 29.1 Å². The zero-order valence-corrected chi connectivity index (χ0v) is 17.2. The van der Waals surface area contributed by atoms with Crippen molar-refractivity contribution in [3.8, 4) is 11.4 Å². The number of pyridine rings is 1. The van der Waals surface area contributed by atoms with Gasteiger partial charge in [0.05, 0.1) is 7.11 Å². The van der Waals surface area contributed by atoms with E-state index in [1.165, 1.54) is 5.56 Å². The fourth-order valence-corrected chi connectivity index (χ4v) is 3.28. The molecule has 2 aromatic carbocycles. The van der Waals surface area contributed by atoms with Crippen molar-refractivity contribution in [2.45, 2.75) is 33.1 Å². The first-order valence-electron chi connectivity index (χ1n) is 9.45. The van der Waals surface area contributed by atoms with Gasteiger partial charge in [-0.25, -0.2) is 0 Å². The number of rotatable bonds is 4. The van der Waals surface area contributed by atoms with E-state index >= 15 is 0 Å². The highest BCUT2D eigenvalue weighted by Crippen LogP contribution is 2.37. The van der Waals surface area contributed by atoms with E-state index in [-0.39, 0.29) is 11.0 Å². The van der Waals surface area contributed by atoms with Crippen LogP contribution < -0.4 is 10.3 Å². The summed E-state index contributed by atoms with van der Waals surface area (Å²) in [6, 6.07) is 17.5. The summed E-state index contributed by atoms with van der Waals surface area (Å²) in [6.45, 7) is 8.54. The topological polar surface area (TPSA) is 31.2 Å². The van der Waals surface area contributed by atoms with Crippen LogP contribution in [0.2, 0.25) is 0 Å². The van der Waals surface area contributed by atoms with E-state index in [2.05, 4.69) is 52.0 Å². The predicted octanol–water partition coefficient (Wildman–Crippen LogP) is 5.62. The number of aryl methyl sites for hydroxylation is 1. The molecule has 1 heterocycles. The van der Waals surface area contributed by atoms with Crippen LogP contribution in [0.25, 0.3) is 17.8 Å². The molecule has 0 saturated heterocycles. The highest BCUT2D eigenvalue weighted by molar-refractivity contribution is 5.76. The minimum atomic E-state index is -0.134. The maximum Gasteiger partial charge on any atom is 0.255 e. The molecule has 3 nitrogen and oxygen atoms in total. The molecule has 3 rings (SSSR count). The van der Waals surface area contributed by atoms with Crippen molar-refractivity contribution >= 4 is 12.2 Å². The molecule has 0 unspecified atom stereocenters. The molecule has 3 heteroatoms. The second-order valence-electron chi connectivity index (χ2n) is 7.96. The molecule has 0 N–H and O–H groups in total. The SMILES string of the molecule is COc1c(/C=C/c2ccccc2C)cc(-n2ccccc2=O)cc1C(C)(C)C. The standard InChI is InChI=1S/C25H27NO2/c1-18-10-6-7-11-19(18)13-14-20-16-21(26-15-9-8-12-23(26)27)17-22(24(20)28-5)25(2,3)4/h6-17H,1-5H3/b14-13+. The van der Waals surface area contributed by atoms with Gasteiger partial charge in [-0.15, -0.1) is 0 Å².